The molecule has 1 heteroatoms. The Hall–Kier alpha value is -6.70. The van der Waals surface area contributed by atoms with Gasteiger partial charge in [-0.05, 0) is 106 Å². The third-order valence-corrected chi connectivity index (χ3v) is 12.5. The highest BCUT2D eigenvalue weighted by Crippen LogP contribution is 2.56. The second-order valence-electron chi connectivity index (χ2n) is 15.6. The van der Waals surface area contributed by atoms with Gasteiger partial charge >= 0.3 is 0 Å². The molecule has 54 heavy (non-hydrogen) atoms. The predicted octanol–water partition coefficient (Wildman–Crippen LogP) is 15.0. The summed E-state index contributed by atoms with van der Waals surface area (Å²) in [4.78, 5) is 2.56. The SMILES string of the molecule is CC1(C)c2ccccc2-c2c(N(c3ccc4ccccc4c3)c3cc4cccc5c6cccc7ccc8cccc(c9cccc3c9c45)c8c76)cccc21. The highest BCUT2D eigenvalue weighted by atomic mass is 15.1. The van der Waals surface area contributed by atoms with Gasteiger partial charge in [-0.1, -0.05) is 166 Å². The summed E-state index contributed by atoms with van der Waals surface area (Å²) >= 11 is 0. The minimum atomic E-state index is -0.116. The van der Waals surface area contributed by atoms with Crippen LogP contribution in [0.25, 0.3) is 86.5 Å². The molecule has 0 spiro atoms. The number of anilines is 3. The van der Waals surface area contributed by atoms with Crippen LogP contribution in [0.1, 0.15) is 25.0 Å². The molecule has 0 radical (unpaired) electrons. The number of benzene rings is 10. The van der Waals surface area contributed by atoms with Gasteiger partial charge < -0.3 is 4.90 Å². The maximum atomic E-state index is 2.56. The van der Waals surface area contributed by atoms with Crippen LogP contribution in [0.15, 0.2) is 176 Å². The van der Waals surface area contributed by atoms with Crippen LogP contribution < -0.4 is 4.90 Å². The van der Waals surface area contributed by atoms with Gasteiger partial charge in [-0.2, -0.15) is 0 Å². The van der Waals surface area contributed by atoms with E-state index in [1.54, 1.807) is 0 Å². The van der Waals surface area contributed by atoms with E-state index in [0.717, 1.165) is 5.69 Å². The zero-order valence-electron chi connectivity index (χ0n) is 30.2. The zero-order chi connectivity index (χ0) is 35.7. The summed E-state index contributed by atoms with van der Waals surface area (Å²) in [6, 6.07) is 66.2. The van der Waals surface area contributed by atoms with Gasteiger partial charge in [-0.3, -0.25) is 0 Å². The molecule has 0 amide bonds. The van der Waals surface area contributed by atoms with Gasteiger partial charge in [0, 0.05) is 27.4 Å². The molecule has 0 aromatic heterocycles. The lowest BCUT2D eigenvalue weighted by Crippen LogP contribution is -2.16. The van der Waals surface area contributed by atoms with Gasteiger partial charge in [0.15, 0.2) is 0 Å². The van der Waals surface area contributed by atoms with E-state index in [1.807, 2.05) is 0 Å². The van der Waals surface area contributed by atoms with Crippen LogP contribution >= 0.6 is 0 Å². The lowest BCUT2D eigenvalue weighted by molar-refractivity contribution is 0.660. The summed E-state index contributed by atoms with van der Waals surface area (Å²) in [6.07, 6.45) is 0. The first-order chi connectivity index (χ1) is 26.6. The summed E-state index contributed by atoms with van der Waals surface area (Å²) in [5, 5.41) is 17.9. The minimum Gasteiger partial charge on any atom is -0.309 e. The highest BCUT2D eigenvalue weighted by molar-refractivity contribution is 6.38. The van der Waals surface area contributed by atoms with E-state index in [0.29, 0.717) is 0 Å². The van der Waals surface area contributed by atoms with Gasteiger partial charge in [0.2, 0.25) is 0 Å². The van der Waals surface area contributed by atoms with Crippen molar-refractivity contribution in [3.8, 4) is 11.1 Å². The summed E-state index contributed by atoms with van der Waals surface area (Å²) in [7, 11) is 0. The fraction of sp³-hybridized carbons (Fsp3) is 0.0566. The normalized spacial score (nSPS) is 13.5. The van der Waals surface area contributed by atoms with Crippen LogP contribution in [0.3, 0.4) is 0 Å². The van der Waals surface area contributed by atoms with Crippen molar-refractivity contribution in [3.63, 3.8) is 0 Å². The molecule has 0 saturated heterocycles. The Labute approximate surface area is 313 Å². The van der Waals surface area contributed by atoms with Gasteiger partial charge in [-0.25, -0.2) is 0 Å². The number of rotatable bonds is 3. The number of hydrogen-bond donors (Lipinski definition) is 0. The zero-order valence-corrected chi connectivity index (χ0v) is 30.2. The summed E-state index contributed by atoms with van der Waals surface area (Å²) in [5.74, 6) is 0. The molecule has 1 aliphatic carbocycles. The second-order valence-corrected chi connectivity index (χ2v) is 15.6. The van der Waals surface area contributed by atoms with Crippen molar-refractivity contribution in [1.29, 1.82) is 0 Å². The van der Waals surface area contributed by atoms with Crippen molar-refractivity contribution in [2.75, 3.05) is 4.90 Å². The van der Waals surface area contributed by atoms with Crippen LogP contribution in [0.5, 0.6) is 0 Å². The molecule has 0 heterocycles. The van der Waals surface area contributed by atoms with E-state index >= 15 is 0 Å². The molecule has 0 N–H and O–H groups in total. The Morgan fingerprint density at radius 2 is 0.870 bits per heavy atom. The third-order valence-electron chi connectivity index (χ3n) is 12.5. The van der Waals surface area contributed by atoms with E-state index in [1.165, 1.54) is 109 Å². The highest BCUT2D eigenvalue weighted by Gasteiger charge is 2.38. The molecule has 0 atom stereocenters. The Bertz CT molecular complexity index is 3370. The first kappa shape index (κ1) is 29.8. The lowest BCUT2D eigenvalue weighted by atomic mass is 9.82. The monoisotopic (exact) mass is 685 g/mol. The van der Waals surface area contributed by atoms with Gasteiger partial charge in [0.05, 0.1) is 11.4 Å². The van der Waals surface area contributed by atoms with E-state index in [9.17, 15) is 0 Å². The molecule has 0 saturated carbocycles. The fourth-order valence-corrected chi connectivity index (χ4v) is 10.1. The smallest absolute Gasteiger partial charge is 0.0546 e. The fourth-order valence-electron chi connectivity index (χ4n) is 10.1. The van der Waals surface area contributed by atoms with E-state index in [-0.39, 0.29) is 5.41 Å². The Balaban J connectivity index is 1.29. The van der Waals surface area contributed by atoms with Crippen LogP contribution in [0, 0.1) is 0 Å². The second kappa shape index (κ2) is 10.7. The maximum Gasteiger partial charge on any atom is 0.0546 e. The van der Waals surface area contributed by atoms with Crippen LogP contribution in [-0.2, 0) is 5.41 Å². The predicted molar refractivity (Wildman–Crippen MR) is 232 cm³/mol. The molecule has 1 nitrogen and oxygen atoms in total. The van der Waals surface area contributed by atoms with Gasteiger partial charge in [-0.15, -0.1) is 0 Å². The maximum absolute atomic E-state index is 2.56. The largest absolute Gasteiger partial charge is 0.309 e. The van der Waals surface area contributed by atoms with Crippen molar-refractivity contribution in [1.82, 2.24) is 0 Å². The molecular formula is C53H35N. The minimum absolute atomic E-state index is 0.116. The first-order valence-corrected chi connectivity index (χ1v) is 19.0. The Morgan fingerprint density at radius 3 is 1.61 bits per heavy atom. The van der Waals surface area contributed by atoms with Gasteiger partial charge in [0.1, 0.15) is 0 Å². The topological polar surface area (TPSA) is 3.24 Å². The lowest BCUT2D eigenvalue weighted by Gasteiger charge is -2.31. The van der Waals surface area contributed by atoms with Crippen LogP contribution in [0.2, 0.25) is 0 Å². The van der Waals surface area contributed by atoms with Crippen LogP contribution in [-0.4, -0.2) is 0 Å². The Morgan fingerprint density at radius 1 is 0.352 bits per heavy atom. The molecule has 252 valence electrons. The van der Waals surface area contributed by atoms with Crippen molar-refractivity contribution in [3.05, 3.63) is 187 Å². The molecule has 0 unspecified atom stereocenters. The average molecular weight is 686 g/mol. The molecular weight excluding hydrogens is 651 g/mol. The molecule has 0 bridgehead atoms. The van der Waals surface area contributed by atoms with E-state index < -0.39 is 0 Å². The van der Waals surface area contributed by atoms with E-state index in [2.05, 4.69) is 195 Å². The van der Waals surface area contributed by atoms with Crippen molar-refractivity contribution >= 4 is 92.5 Å². The molecule has 11 aromatic carbocycles. The average Bonchev–Trinajstić information content (AvgIpc) is 3.45. The molecule has 0 fully saturated rings. The first-order valence-electron chi connectivity index (χ1n) is 19.0. The number of fused-ring (bicyclic) bond motifs is 6. The molecule has 12 rings (SSSR count). The van der Waals surface area contributed by atoms with Crippen LogP contribution in [0.4, 0.5) is 17.1 Å². The van der Waals surface area contributed by atoms with Crippen molar-refractivity contribution in [2.45, 2.75) is 19.3 Å². The van der Waals surface area contributed by atoms with Crippen molar-refractivity contribution < 1.29 is 0 Å². The standard InChI is InChI=1S/C53H35N/c1-53(2)44-23-6-5-17-42(44)52-45(53)24-11-25-46(52)54(37-29-28-32-12-3-4-13-35(32)30-37)47-31-36-16-9-20-39-38-18-7-14-33-26-27-34-15-8-19-40(49(34)48(33)38)41-21-10-22-43(47)51(41)50(36)39/h3-31H,1-2H3. The number of nitrogens with zero attached hydrogens (tertiary/aromatic N) is 1. The Kier molecular flexibility index (Phi) is 5.90. The molecule has 1 aliphatic rings. The van der Waals surface area contributed by atoms with Crippen molar-refractivity contribution in [2.24, 2.45) is 0 Å². The van der Waals surface area contributed by atoms with Gasteiger partial charge in [0.25, 0.3) is 0 Å². The van der Waals surface area contributed by atoms with E-state index in [4.69, 9.17) is 0 Å². The molecule has 0 aliphatic heterocycles. The summed E-state index contributed by atoms with van der Waals surface area (Å²) in [5.41, 5.74) is 8.79. The number of hydrogen-bond acceptors (Lipinski definition) is 1. The molecule has 11 aromatic rings. The summed E-state index contributed by atoms with van der Waals surface area (Å²) < 4.78 is 0. The summed E-state index contributed by atoms with van der Waals surface area (Å²) in [6.45, 7) is 4.75. The third kappa shape index (κ3) is 3.88. The quantitative estimate of drug-likeness (QED) is 0.167.